The van der Waals surface area contributed by atoms with Crippen molar-refractivity contribution in [3.63, 3.8) is 0 Å². The molecule has 160 valence electrons. The Hall–Kier alpha value is -3.11. The standard InChI is InChI=1S/C20H23N3O6S/c1-13(2)23(3)30(26,27)15-8-6-7-14(11-15)19(24)21-22-20(25)18-12-28-16-9-4-5-10-17(16)29-18/h4-11,13,18H,12H2,1-3H3,(H,21,24)(H,22,25). The first-order chi connectivity index (χ1) is 14.2. The summed E-state index contributed by atoms with van der Waals surface area (Å²) in [6, 6.07) is 12.3. The van der Waals surface area contributed by atoms with Gasteiger partial charge in [-0.2, -0.15) is 4.31 Å². The van der Waals surface area contributed by atoms with Crippen LogP contribution in [0.25, 0.3) is 0 Å². The largest absolute Gasteiger partial charge is 0.485 e. The summed E-state index contributed by atoms with van der Waals surface area (Å²) in [6.45, 7) is 3.49. The van der Waals surface area contributed by atoms with Crippen LogP contribution in [0.4, 0.5) is 0 Å². The normalized spacial score (nSPS) is 15.7. The topological polar surface area (TPSA) is 114 Å². The molecule has 1 atom stereocenters. The third kappa shape index (κ3) is 4.55. The van der Waals surface area contributed by atoms with E-state index in [1.54, 1.807) is 38.1 Å². The quantitative estimate of drug-likeness (QED) is 0.688. The van der Waals surface area contributed by atoms with Gasteiger partial charge in [0, 0.05) is 18.7 Å². The molecule has 0 saturated carbocycles. The van der Waals surface area contributed by atoms with Crippen molar-refractivity contribution in [3.05, 3.63) is 54.1 Å². The number of para-hydroxylation sites is 2. The van der Waals surface area contributed by atoms with Crippen LogP contribution in [0.2, 0.25) is 0 Å². The van der Waals surface area contributed by atoms with Gasteiger partial charge in [-0.05, 0) is 44.2 Å². The van der Waals surface area contributed by atoms with E-state index in [0.717, 1.165) is 0 Å². The number of ether oxygens (including phenoxy) is 2. The average Bonchev–Trinajstić information content (AvgIpc) is 2.76. The number of sulfonamides is 1. The summed E-state index contributed by atoms with van der Waals surface area (Å²) in [4.78, 5) is 24.7. The minimum absolute atomic E-state index is 0.00597. The number of hydrazine groups is 1. The smallest absolute Gasteiger partial charge is 0.283 e. The number of amides is 2. The number of hydrogen-bond acceptors (Lipinski definition) is 6. The Morgan fingerprint density at radius 1 is 1.07 bits per heavy atom. The second kappa shape index (κ2) is 8.72. The van der Waals surface area contributed by atoms with Gasteiger partial charge in [-0.1, -0.05) is 18.2 Å². The van der Waals surface area contributed by atoms with Crippen molar-refractivity contribution in [2.45, 2.75) is 30.9 Å². The number of hydrogen-bond donors (Lipinski definition) is 2. The molecule has 1 aliphatic rings. The van der Waals surface area contributed by atoms with Gasteiger partial charge in [0.05, 0.1) is 4.90 Å². The van der Waals surface area contributed by atoms with Gasteiger partial charge in [0.25, 0.3) is 11.8 Å². The van der Waals surface area contributed by atoms with Crippen molar-refractivity contribution in [3.8, 4) is 11.5 Å². The molecule has 3 rings (SSSR count). The van der Waals surface area contributed by atoms with Gasteiger partial charge in [-0.15, -0.1) is 0 Å². The Kier molecular flexibility index (Phi) is 6.28. The summed E-state index contributed by atoms with van der Waals surface area (Å²) >= 11 is 0. The number of carbonyl (C=O) groups is 2. The van der Waals surface area contributed by atoms with Crippen LogP contribution < -0.4 is 20.3 Å². The van der Waals surface area contributed by atoms with Crippen molar-refractivity contribution in [1.82, 2.24) is 15.2 Å². The Morgan fingerprint density at radius 2 is 1.77 bits per heavy atom. The molecule has 2 amide bonds. The van der Waals surface area contributed by atoms with Crippen molar-refractivity contribution in [1.29, 1.82) is 0 Å². The fraction of sp³-hybridized carbons (Fsp3) is 0.300. The molecule has 0 bridgehead atoms. The summed E-state index contributed by atoms with van der Waals surface area (Å²) in [6.07, 6.45) is -0.938. The van der Waals surface area contributed by atoms with E-state index in [1.165, 1.54) is 35.6 Å². The Morgan fingerprint density at radius 3 is 2.47 bits per heavy atom. The minimum atomic E-state index is -3.74. The highest BCUT2D eigenvalue weighted by atomic mass is 32.2. The lowest BCUT2D eigenvalue weighted by atomic mass is 10.2. The molecular formula is C20H23N3O6S. The van der Waals surface area contributed by atoms with E-state index in [-0.39, 0.29) is 23.1 Å². The molecule has 2 N–H and O–H groups in total. The van der Waals surface area contributed by atoms with Gasteiger partial charge in [-0.3, -0.25) is 20.4 Å². The van der Waals surface area contributed by atoms with Crippen molar-refractivity contribution in [2.75, 3.05) is 13.7 Å². The fourth-order valence-corrected chi connectivity index (χ4v) is 4.08. The summed E-state index contributed by atoms with van der Waals surface area (Å²) in [5, 5.41) is 0. The first-order valence-corrected chi connectivity index (χ1v) is 10.7. The second-order valence-electron chi connectivity index (χ2n) is 6.95. The van der Waals surface area contributed by atoms with Crippen molar-refractivity contribution < 1.29 is 27.5 Å². The number of benzene rings is 2. The highest BCUT2D eigenvalue weighted by molar-refractivity contribution is 7.89. The monoisotopic (exact) mass is 433 g/mol. The Bertz CT molecular complexity index is 1050. The molecule has 30 heavy (non-hydrogen) atoms. The first kappa shape index (κ1) is 21.6. The van der Waals surface area contributed by atoms with E-state index in [2.05, 4.69) is 10.9 Å². The average molecular weight is 433 g/mol. The van der Waals surface area contributed by atoms with E-state index in [4.69, 9.17) is 9.47 Å². The Balaban J connectivity index is 1.64. The SMILES string of the molecule is CC(C)N(C)S(=O)(=O)c1cccc(C(=O)NNC(=O)C2COc3ccccc3O2)c1. The van der Waals surface area contributed by atoms with E-state index in [9.17, 15) is 18.0 Å². The molecule has 0 radical (unpaired) electrons. The molecule has 2 aromatic carbocycles. The van der Waals surface area contributed by atoms with Gasteiger partial charge >= 0.3 is 0 Å². The fourth-order valence-electron chi connectivity index (χ4n) is 2.66. The van der Waals surface area contributed by atoms with Crippen LogP contribution in [0.3, 0.4) is 0 Å². The van der Waals surface area contributed by atoms with Gasteiger partial charge < -0.3 is 9.47 Å². The zero-order valence-electron chi connectivity index (χ0n) is 16.8. The van der Waals surface area contributed by atoms with Crippen LogP contribution in [0, 0.1) is 0 Å². The van der Waals surface area contributed by atoms with Crippen molar-refractivity contribution >= 4 is 21.8 Å². The molecule has 0 saturated heterocycles. The predicted molar refractivity (Wildman–Crippen MR) is 108 cm³/mol. The van der Waals surface area contributed by atoms with E-state index < -0.39 is 27.9 Å². The molecular weight excluding hydrogens is 410 g/mol. The van der Waals surface area contributed by atoms with E-state index in [0.29, 0.717) is 11.5 Å². The maximum absolute atomic E-state index is 12.6. The number of fused-ring (bicyclic) bond motifs is 1. The number of rotatable bonds is 5. The lowest BCUT2D eigenvalue weighted by Gasteiger charge is -2.25. The first-order valence-electron chi connectivity index (χ1n) is 9.27. The zero-order chi connectivity index (χ0) is 21.9. The lowest BCUT2D eigenvalue weighted by Crippen LogP contribution is -2.50. The Labute approximate surface area is 175 Å². The maximum Gasteiger partial charge on any atom is 0.283 e. The third-order valence-corrected chi connectivity index (χ3v) is 6.63. The van der Waals surface area contributed by atoms with Gasteiger partial charge in [0.2, 0.25) is 16.1 Å². The van der Waals surface area contributed by atoms with Crippen molar-refractivity contribution in [2.24, 2.45) is 0 Å². The molecule has 0 fully saturated rings. The zero-order valence-corrected chi connectivity index (χ0v) is 17.6. The second-order valence-corrected chi connectivity index (χ2v) is 8.95. The van der Waals surface area contributed by atoms with Crippen LogP contribution >= 0.6 is 0 Å². The molecule has 1 unspecified atom stereocenters. The molecule has 0 spiro atoms. The minimum Gasteiger partial charge on any atom is -0.485 e. The summed E-state index contributed by atoms with van der Waals surface area (Å²) in [5.74, 6) is -0.289. The van der Waals surface area contributed by atoms with Gasteiger partial charge in [0.15, 0.2) is 11.5 Å². The van der Waals surface area contributed by atoms with E-state index in [1.807, 2.05) is 0 Å². The van der Waals surface area contributed by atoms with Crippen LogP contribution in [0.1, 0.15) is 24.2 Å². The number of carbonyl (C=O) groups excluding carboxylic acids is 2. The molecule has 10 heteroatoms. The lowest BCUT2D eigenvalue weighted by molar-refractivity contribution is -0.131. The third-order valence-electron chi connectivity index (χ3n) is 4.60. The highest BCUT2D eigenvalue weighted by Crippen LogP contribution is 2.30. The molecule has 2 aromatic rings. The summed E-state index contributed by atoms with van der Waals surface area (Å²) < 4.78 is 37.5. The molecule has 1 heterocycles. The molecule has 0 aliphatic carbocycles. The summed E-state index contributed by atoms with van der Waals surface area (Å²) in [5.41, 5.74) is 4.63. The molecule has 9 nitrogen and oxygen atoms in total. The number of nitrogens with one attached hydrogen (secondary N) is 2. The van der Waals surface area contributed by atoms with Gasteiger partial charge in [-0.25, -0.2) is 8.42 Å². The number of nitrogens with zero attached hydrogens (tertiary/aromatic N) is 1. The molecule has 1 aliphatic heterocycles. The van der Waals surface area contributed by atoms with Crippen LogP contribution in [0.15, 0.2) is 53.4 Å². The summed E-state index contributed by atoms with van der Waals surface area (Å²) in [7, 11) is -2.27. The van der Waals surface area contributed by atoms with E-state index >= 15 is 0 Å². The molecule has 0 aromatic heterocycles. The van der Waals surface area contributed by atoms with Gasteiger partial charge in [0.1, 0.15) is 6.61 Å². The van der Waals surface area contributed by atoms with Crippen LogP contribution in [0.5, 0.6) is 11.5 Å². The van der Waals surface area contributed by atoms with Crippen LogP contribution in [-0.2, 0) is 14.8 Å². The highest BCUT2D eigenvalue weighted by Gasteiger charge is 2.28. The maximum atomic E-state index is 12.6. The van der Waals surface area contributed by atoms with Crippen LogP contribution in [-0.4, -0.2) is 50.3 Å². The predicted octanol–water partition coefficient (Wildman–Crippen LogP) is 1.32.